The average Bonchev–Trinajstić information content (AvgIpc) is 3.24. The van der Waals surface area contributed by atoms with Gasteiger partial charge in [0.2, 0.25) is 0 Å². The van der Waals surface area contributed by atoms with Gasteiger partial charge in [-0.25, -0.2) is 4.39 Å². The molecule has 2 heterocycles. The van der Waals surface area contributed by atoms with Gasteiger partial charge in [0.1, 0.15) is 5.82 Å². The fourth-order valence-corrected chi connectivity index (χ4v) is 4.13. The Hall–Kier alpha value is -3.46. The number of carboxylic acid groups (broad SMARTS) is 1. The predicted molar refractivity (Wildman–Crippen MR) is 129 cm³/mol. The maximum Gasteiger partial charge on any atom is 0.300 e. The highest BCUT2D eigenvalue weighted by Crippen LogP contribution is 2.33. The summed E-state index contributed by atoms with van der Waals surface area (Å²) in [5.41, 5.74) is 2.07. The minimum atomic E-state index is -0.833. The average molecular weight is 487 g/mol. The van der Waals surface area contributed by atoms with Gasteiger partial charge in [-0.05, 0) is 69.6 Å². The lowest BCUT2D eigenvalue weighted by molar-refractivity contribution is -0.134. The van der Waals surface area contributed by atoms with Gasteiger partial charge in [0.05, 0.1) is 19.4 Å². The van der Waals surface area contributed by atoms with Gasteiger partial charge in [-0.2, -0.15) is 0 Å². The summed E-state index contributed by atoms with van der Waals surface area (Å²) >= 11 is 0. The molecule has 0 radical (unpaired) electrons. The van der Waals surface area contributed by atoms with E-state index < -0.39 is 5.97 Å². The number of carbonyl (C=O) groups excluding carboxylic acids is 1. The molecule has 1 aliphatic rings. The molecule has 0 amide bonds. The van der Waals surface area contributed by atoms with Crippen molar-refractivity contribution in [3.05, 3.63) is 53.5 Å². The Balaban J connectivity index is 0.000000795. The molecule has 1 fully saturated rings. The van der Waals surface area contributed by atoms with Gasteiger partial charge in [-0.1, -0.05) is 5.16 Å². The Morgan fingerprint density at radius 1 is 1.14 bits per heavy atom. The quantitative estimate of drug-likeness (QED) is 0.354. The number of fused-ring (bicyclic) bond motifs is 1. The first-order valence-corrected chi connectivity index (χ1v) is 11.6. The molecule has 1 N–H and O–H groups in total. The van der Waals surface area contributed by atoms with Crippen molar-refractivity contribution >= 4 is 22.7 Å². The summed E-state index contributed by atoms with van der Waals surface area (Å²) < 4.78 is 29.9. The van der Waals surface area contributed by atoms with Crippen molar-refractivity contribution in [1.29, 1.82) is 0 Å². The normalized spacial score (nSPS) is 14.3. The molecule has 35 heavy (non-hydrogen) atoms. The zero-order chi connectivity index (χ0) is 25.4. The van der Waals surface area contributed by atoms with Crippen molar-refractivity contribution in [3.63, 3.8) is 0 Å². The molecule has 1 saturated heterocycles. The molecule has 1 aliphatic heterocycles. The molecule has 1 aromatic heterocycles. The maximum absolute atomic E-state index is 13.4. The fourth-order valence-electron chi connectivity index (χ4n) is 4.13. The van der Waals surface area contributed by atoms with E-state index in [0.29, 0.717) is 35.2 Å². The molecular formula is C26H31FN2O6. The van der Waals surface area contributed by atoms with Gasteiger partial charge in [0, 0.05) is 36.4 Å². The number of benzene rings is 2. The van der Waals surface area contributed by atoms with Gasteiger partial charge < -0.3 is 24.0 Å². The Morgan fingerprint density at radius 2 is 1.86 bits per heavy atom. The number of ketones is 1. The lowest BCUT2D eigenvalue weighted by atomic mass is 9.91. The first kappa shape index (κ1) is 26.2. The Labute approximate surface area is 203 Å². The number of Topliss-reactive ketones (excluding diaryl/α,β-unsaturated/α-hetero) is 1. The number of carboxylic acids is 1. The minimum absolute atomic E-state index is 0.000894. The number of hydrogen-bond acceptors (Lipinski definition) is 7. The molecule has 188 valence electrons. The van der Waals surface area contributed by atoms with Crippen LogP contribution in [0, 0.1) is 5.82 Å². The molecule has 0 atom stereocenters. The summed E-state index contributed by atoms with van der Waals surface area (Å²) in [7, 11) is 1.57. The molecular weight excluding hydrogens is 455 g/mol. The van der Waals surface area contributed by atoms with E-state index in [9.17, 15) is 9.18 Å². The molecule has 3 aromatic rings. The summed E-state index contributed by atoms with van der Waals surface area (Å²) in [5, 5.41) is 12.5. The van der Waals surface area contributed by atoms with E-state index in [-0.39, 0.29) is 11.6 Å². The number of ether oxygens (including phenoxy) is 2. The summed E-state index contributed by atoms with van der Waals surface area (Å²) in [6, 6.07) is 9.87. The predicted octanol–water partition coefficient (Wildman–Crippen LogP) is 4.92. The van der Waals surface area contributed by atoms with Crippen LogP contribution in [0.15, 0.2) is 40.9 Å². The van der Waals surface area contributed by atoms with Gasteiger partial charge in [0.25, 0.3) is 5.97 Å². The van der Waals surface area contributed by atoms with E-state index in [1.165, 1.54) is 19.1 Å². The van der Waals surface area contributed by atoms with Crippen molar-refractivity contribution in [2.45, 2.75) is 39.0 Å². The van der Waals surface area contributed by atoms with Crippen LogP contribution in [0.2, 0.25) is 0 Å². The first-order valence-electron chi connectivity index (χ1n) is 11.6. The number of rotatable bonds is 8. The van der Waals surface area contributed by atoms with Crippen LogP contribution in [-0.2, 0) is 4.79 Å². The number of nitrogens with zero attached hydrogens (tertiary/aromatic N) is 2. The third-order valence-electron chi connectivity index (χ3n) is 5.88. The number of aliphatic carboxylic acids is 1. The van der Waals surface area contributed by atoms with Gasteiger partial charge in [-0.3, -0.25) is 9.59 Å². The minimum Gasteiger partial charge on any atom is -0.493 e. The smallest absolute Gasteiger partial charge is 0.300 e. The van der Waals surface area contributed by atoms with Gasteiger partial charge >= 0.3 is 0 Å². The van der Waals surface area contributed by atoms with Crippen LogP contribution >= 0.6 is 0 Å². The van der Waals surface area contributed by atoms with E-state index in [1.54, 1.807) is 31.4 Å². The Morgan fingerprint density at radius 3 is 2.51 bits per heavy atom. The van der Waals surface area contributed by atoms with Crippen LogP contribution in [-0.4, -0.2) is 60.3 Å². The molecule has 0 spiro atoms. The zero-order valence-electron chi connectivity index (χ0n) is 20.3. The van der Waals surface area contributed by atoms with Crippen molar-refractivity contribution in [2.75, 3.05) is 33.4 Å². The standard InChI is InChI=1S/C24H27FN2O4.C2H4O2/c1-16(28)18-4-7-21(23(14-18)29-2)30-13-3-10-27-11-8-17(9-12-27)24-20-6-5-19(25)15-22(20)31-26-24;1-2(3)4/h4-7,14-15,17H,3,8-13H2,1-2H3;1H3,(H,3,4). The highest BCUT2D eigenvalue weighted by atomic mass is 19.1. The van der Waals surface area contributed by atoms with E-state index in [2.05, 4.69) is 10.1 Å². The zero-order valence-corrected chi connectivity index (χ0v) is 20.3. The molecule has 4 rings (SSSR count). The highest BCUT2D eigenvalue weighted by Gasteiger charge is 2.25. The highest BCUT2D eigenvalue weighted by molar-refractivity contribution is 5.94. The number of carbonyl (C=O) groups is 2. The lowest BCUT2D eigenvalue weighted by Gasteiger charge is -2.31. The molecule has 9 heteroatoms. The molecule has 0 saturated carbocycles. The summed E-state index contributed by atoms with van der Waals surface area (Å²) in [6.45, 7) is 6.11. The van der Waals surface area contributed by atoms with Crippen LogP contribution in [0.3, 0.4) is 0 Å². The fraction of sp³-hybridized carbons (Fsp3) is 0.423. The van der Waals surface area contributed by atoms with E-state index in [1.807, 2.05) is 0 Å². The monoisotopic (exact) mass is 486 g/mol. The summed E-state index contributed by atoms with van der Waals surface area (Å²) in [4.78, 5) is 22.9. The summed E-state index contributed by atoms with van der Waals surface area (Å²) in [5.74, 6) is 0.427. The molecule has 2 aromatic carbocycles. The number of methoxy groups -OCH3 is 1. The second kappa shape index (κ2) is 12.3. The maximum atomic E-state index is 13.4. The van der Waals surface area contributed by atoms with E-state index in [4.69, 9.17) is 23.9 Å². The number of hydrogen-bond donors (Lipinski definition) is 1. The van der Waals surface area contributed by atoms with Crippen LogP contribution in [0.5, 0.6) is 11.5 Å². The summed E-state index contributed by atoms with van der Waals surface area (Å²) in [6.07, 6.45) is 2.90. The van der Waals surface area contributed by atoms with Gasteiger partial charge in [-0.15, -0.1) is 0 Å². The van der Waals surface area contributed by atoms with Crippen molar-refractivity contribution in [2.24, 2.45) is 0 Å². The van der Waals surface area contributed by atoms with Gasteiger partial charge in [0.15, 0.2) is 22.9 Å². The molecule has 0 unspecified atom stereocenters. The number of halogens is 1. The largest absolute Gasteiger partial charge is 0.493 e. The lowest BCUT2D eigenvalue weighted by Crippen LogP contribution is -2.34. The van der Waals surface area contributed by atoms with E-state index in [0.717, 1.165) is 56.9 Å². The van der Waals surface area contributed by atoms with E-state index >= 15 is 0 Å². The Kier molecular flexibility index (Phi) is 9.19. The van der Waals surface area contributed by atoms with Crippen molar-refractivity contribution in [3.8, 4) is 11.5 Å². The molecule has 0 aliphatic carbocycles. The van der Waals surface area contributed by atoms with Crippen LogP contribution in [0.25, 0.3) is 11.0 Å². The van der Waals surface area contributed by atoms with Crippen LogP contribution in [0.1, 0.15) is 55.1 Å². The molecule has 0 bridgehead atoms. The van der Waals surface area contributed by atoms with Crippen LogP contribution in [0.4, 0.5) is 4.39 Å². The number of aromatic nitrogens is 1. The topological polar surface area (TPSA) is 102 Å². The SMILES string of the molecule is CC(=O)O.COc1cc(C(C)=O)ccc1OCCCN1CCC(c2noc3cc(F)ccc23)CC1. The third-order valence-corrected chi connectivity index (χ3v) is 5.88. The third kappa shape index (κ3) is 7.26. The number of likely N-dealkylation sites (tertiary alicyclic amines) is 1. The molecule has 8 nitrogen and oxygen atoms in total. The van der Waals surface area contributed by atoms with Crippen molar-refractivity contribution < 1.29 is 33.1 Å². The Bertz CT molecular complexity index is 1150. The first-order chi connectivity index (χ1) is 16.8. The van der Waals surface area contributed by atoms with Crippen LogP contribution < -0.4 is 9.47 Å². The number of piperidine rings is 1. The second-order valence-electron chi connectivity index (χ2n) is 8.47. The second-order valence-corrected chi connectivity index (χ2v) is 8.47. The van der Waals surface area contributed by atoms with Crippen molar-refractivity contribution in [1.82, 2.24) is 10.1 Å².